The molecule has 3 aliphatic rings. The molecule has 2 aliphatic heterocycles. The van der Waals surface area contributed by atoms with E-state index in [1.807, 2.05) is 19.3 Å². The molecule has 0 bridgehead atoms. The monoisotopic (exact) mass is 427 g/mol. The first kappa shape index (κ1) is 20.2. The van der Waals surface area contributed by atoms with Gasteiger partial charge in [0, 0.05) is 44.6 Å². The van der Waals surface area contributed by atoms with Crippen molar-refractivity contribution in [1.82, 2.24) is 14.8 Å². The van der Waals surface area contributed by atoms with Crippen LogP contribution in [-0.2, 0) is 13.6 Å². The summed E-state index contributed by atoms with van der Waals surface area (Å²) >= 11 is 0. The summed E-state index contributed by atoms with van der Waals surface area (Å²) in [5.41, 5.74) is 0.657. The molecule has 2 saturated heterocycles. The van der Waals surface area contributed by atoms with Crippen molar-refractivity contribution in [1.29, 1.82) is 0 Å². The molecule has 1 unspecified atom stereocenters. The van der Waals surface area contributed by atoms with Gasteiger partial charge in [-0.1, -0.05) is 12.8 Å². The average molecular weight is 427 g/mol. The highest BCUT2D eigenvalue weighted by Crippen LogP contribution is 2.39. The van der Waals surface area contributed by atoms with Crippen molar-refractivity contribution in [3.8, 4) is 0 Å². The van der Waals surface area contributed by atoms with Crippen molar-refractivity contribution >= 4 is 17.6 Å². The highest BCUT2D eigenvalue weighted by atomic mass is 19.1. The second-order valence-corrected chi connectivity index (χ2v) is 8.91. The molecule has 0 radical (unpaired) electrons. The highest BCUT2D eigenvalue weighted by Gasteiger charge is 2.55. The maximum absolute atomic E-state index is 14.0. The number of hydrogen-bond acceptors (Lipinski definition) is 3. The minimum Gasteiger partial charge on any atom is -0.353 e. The number of aromatic nitrogens is 1. The number of urea groups is 1. The number of carbonyl (C=O) groups is 1. The molecule has 3 heterocycles. The Morgan fingerprint density at radius 1 is 1.19 bits per heavy atom. The van der Waals surface area contributed by atoms with Gasteiger partial charge < -0.3 is 4.57 Å². The van der Waals surface area contributed by atoms with E-state index in [4.69, 9.17) is 4.99 Å². The van der Waals surface area contributed by atoms with Gasteiger partial charge in [-0.15, -0.1) is 0 Å². The SMILES string of the molecule is Cn1cccc1CN1CCC2(C1)C(=NC1CCCC1)NC(=O)N2c1cc(F)cc(F)c1. The number of benzene rings is 1. The van der Waals surface area contributed by atoms with E-state index in [2.05, 4.69) is 20.9 Å². The lowest BCUT2D eigenvalue weighted by molar-refractivity contribution is 0.250. The summed E-state index contributed by atoms with van der Waals surface area (Å²) in [6.45, 7) is 2.06. The van der Waals surface area contributed by atoms with Crippen LogP contribution in [0.15, 0.2) is 41.5 Å². The molecule has 5 rings (SSSR count). The fraction of sp³-hybridized carbons (Fsp3) is 0.478. The topological polar surface area (TPSA) is 52.9 Å². The van der Waals surface area contributed by atoms with Crippen LogP contribution >= 0.6 is 0 Å². The van der Waals surface area contributed by atoms with E-state index in [0.29, 0.717) is 18.8 Å². The predicted molar refractivity (Wildman–Crippen MR) is 115 cm³/mol. The number of nitrogens with zero attached hydrogens (tertiary/aromatic N) is 4. The Balaban J connectivity index is 1.52. The van der Waals surface area contributed by atoms with Crippen molar-refractivity contribution in [3.63, 3.8) is 0 Å². The number of amidine groups is 1. The summed E-state index contributed by atoms with van der Waals surface area (Å²) in [4.78, 5) is 21.8. The van der Waals surface area contributed by atoms with Crippen LogP contribution in [0.1, 0.15) is 37.8 Å². The summed E-state index contributed by atoms with van der Waals surface area (Å²) < 4.78 is 30.2. The predicted octanol–water partition coefficient (Wildman–Crippen LogP) is 3.82. The van der Waals surface area contributed by atoms with Crippen LogP contribution in [0.3, 0.4) is 0 Å². The van der Waals surface area contributed by atoms with Gasteiger partial charge in [0.2, 0.25) is 0 Å². The summed E-state index contributed by atoms with van der Waals surface area (Å²) in [5.74, 6) is -0.751. The molecule has 1 aromatic heterocycles. The Morgan fingerprint density at radius 2 is 1.94 bits per heavy atom. The van der Waals surface area contributed by atoms with Crippen molar-refractivity contribution in [3.05, 3.63) is 53.9 Å². The molecule has 1 spiro atoms. The minimum absolute atomic E-state index is 0.193. The number of likely N-dealkylation sites (tertiary alicyclic amines) is 1. The molecule has 31 heavy (non-hydrogen) atoms. The quantitative estimate of drug-likeness (QED) is 0.807. The third kappa shape index (κ3) is 3.63. The van der Waals surface area contributed by atoms with Crippen molar-refractivity contribution in [2.24, 2.45) is 12.0 Å². The second-order valence-electron chi connectivity index (χ2n) is 8.91. The van der Waals surface area contributed by atoms with Crippen LogP contribution in [0.4, 0.5) is 19.3 Å². The number of aliphatic imine (C=N–C) groups is 1. The van der Waals surface area contributed by atoms with Crippen LogP contribution in [0, 0.1) is 11.6 Å². The largest absolute Gasteiger partial charge is 0.353 e. The van der Waals surface area contributed by atoms with Gasteiger partial charge in [0.15, 0.2) is 0 Å². The number of aryl methyl sites for hydroxylation is 1. The Labute approximate surface area is 180 Å². The molecular weight excluding hydrogens is 400 g/mol. The van der Waals surface area contributed by atoms with E-state index >= 15 is 0 Å². The van der Waals surface area contributed by atoms with Gasteiger partial charge in [-0.3, -0.25) is 20.1 Å². The molecule has 164 valence electrons. The van der Waals surface area contributed by atoms with Crippen molar-refractivity contribution in [2.45, 2.75) is 50.2 Å². The lowest BCUT2D eigenvalue weighted by Crippen LogP contribution is -2.52. The van der Waals surface area contributed by atoms with E-state index < -0.39 is 17.2 Å². The lowest BCUT2D eigenvalue weighted by atomic mass is 9.95. The van der Waals surface area contributed by atoms with Gasteiger partial charge in [0.25, 0.3) is 0 Å². The van der Waals surface area contributed by atoms with Gasteiger partial charge in [-0.25, -0.2) is 13.6 Å². The van der Waals surface area contributed by atoms with Gasteiger partial charge in [0.05, 0.1) is 11.7 Å². The number of carbonyl (C=O) groups excluding carboxylic acids is 1. The van der Waals surface area contributed by atoms with E-state index in [0.717, 1.165) is 44.8 Å². The number of hydrogen-bond donors (Lipinski definition) is 1. The van der Waals surface area contributed by atoms with Gasteiger partial charge in [-0.2, -0.15) is 0 Å². The molecule has 3 fully saturated rings. The normalized spacial score (nSPS) is 26.0. The Kier molecular flexibility index (Phi) is 5.04. The molecule has 1 aromatic carbocycles. The fourth-order valence-corrected chi connectivity index (χ4v) is 5.25. The van der Waals surface area contributed by atoms with Gasteiger partial charge in [0.1, 0.15) is 23.0 Å². The zero-order valence-corrected chi connectivity index (χ0v) is 17.7. The smallest absolute Gasteiger partial charge is 0.328 e. The molecular formula is C23H27F2N5O. The first-order chi connectivity index (χ1) is 14.9. The van der Waals surface area contributed by atoms with Crippen LogP contribution < -0.4 is 10.2 Å². The van der Waals surface area contributed by atoms with E-state index in [1.165, 1.54) is 22.7 Å². The Bertz CT molecular complexity index is 1010. The average Bonchev–Trinajstić information content (AvgIpc) is 3.48. The van der Waals surface area contributed by atoms with Crippen molar-refractivity contribution < 1.29 is 13.6 Å². The summed E-state index contributed by atoms with van der Waals surface area (Å²) in [6, 6.07) is 7.19. The minimum atomic E-state index is -0.745. The molecule has 1 saturated carbocycles. The van der Waals surface area contributed by atoms with Crippen molar-refractivity contribution in [2.75, 3.05) is 18.0 Å². The molecule has 1 atom stereocenters. The standard InChI is InChI=1S/C23H27F2N5O/c1-28-9-4-7-19(28)14-29-10-8-23(15-29)21(26-18-5-2-3-6-18)27-22(31)30(23)20-12-16(24)11-17(25)13-20/h4,7,9,11-13,18H,2-3,5-6,8,10,14-15H2,1H3,(H,26,27,31). The summed E-state index contributed by atoms with van der Waals surface area (Å²) in [5, 5.41) is 2.95. The zero-order chi connectivity index (χ0) is 21.6. The maximum Gasteiger partial charge on any atom is 0.328 e. The van der Waals surface area contributed by atoms with Crippen LogP contribution in [0.25, 0.3) is 0 Å². The summed E-state index contributed by atoms with van der Waals surface area (Å²) in [6.07, 6.45) is 6.96. The molecule has 1 N–H and O–H groups in total. The molecule has 6 nitrogen and oxygen atoms in total. The number of rotatable bonds is 4. The molecule has 1 aliphatic carbocycles. The number of amides is 2. The maximum atomic E-state index is 14.0. The zero-order valence-electron chi connectivity index (χ0n) is 17.7. The van der Waals surface area contributed by atoms with Gasteiger partial charge >= 0.3 is 6.03 Å². The van der Waals surface area contributed by atoms with E-state index in [-0.39, 0.29) is 17.8 Å². The third-order valence-corrected chi connectivity index (χ3v) is 6.80. The highest BCUT2D eigenvalue weighted by molar-refractivity contribution is 6.19. The number of anilines is 1. The van der Waals surface area contributed by atoms with Crippen LogP contribution in [0.5, 0.6) is 0 Å². The second kappa shape index (κ2) is 7.75. The van der Waals surface area contributed by atoms with Crippen LogP contribution in [-0.4, -0.2) is 46.0 Å². The first-order valence-electron chi connectivity index (χ1n) is 10.9. The Hall–Kier alpha value is -2.74. The fourth-order valence-electron chi connectivity index (χ4n) is 5.25. The number of halogens is 2. The Morgan fingerprint density at radius 3 is 2.61 bits per heavy atom. The van der Waals surface area contributed by atoms with Crippen LogP contribution in [0.2, 0.25) is 0 Å². The van der Waals surface area contributed by atoms with E-state index in [1.54, 1.807) is 0 Å². The van der Waals surface area contributed by atoms with Gasteiger partial charge in [-0.05, 0) is 43.5 Å². The van der Waals surface area contributed by atoms with E-state index in [9.17, 15) is 13.6 Å². The number of nitrogens with one attached hydrogen (secondary N) is 1. The molecule has 2 amide bonds. The molecule has 8 heteroatoms. The third-order valence-electron chi connectivity index (χ3n) is 6.80. The lowest BCUT2D eigenvalue weighted by Gasteiger charge is -2.34. The molecule has 2 aromatic rings. The first-order valence-corrected chi connectivity index (χ1v) is 10.9. The summed E-state index contributed by atoms with van der Waals surface area (Å²) in [7, 11) is 2.01.